The van der Waals surface area contributed by atoms with E-state index in [1.165, 1.54) is 5.56 Å². The SMILES string of the molecule is O=C(CN1CCC(C(=O)NC2CC2)CC1)NCC1(c2ccccc2)CCOCC1. The summed E-state index contributed by atoms with van der Waals surface area (Å²) in [5, 5.41) is 6.30. The first-order chi connectivity index (χ1) is 14.1. The van der Waals surface area contributed by atoms with Crippen molar-refractivity contribution in [1.82, 2.24) is 15.5 Å². The van der Waals surface area contributed by atoms with Crippen LogP contribution in [0.5, 0.6) is 0 Å². The van der Waals surface area contributed by atoms with Gasteiger partial charge in [-0.05, 0) is 57.2 Å². The van der Waals surface area contributed by atoms with Crippen LogP contribution in [0.1, 0.15) is 44.1 Å². The van der Waals surface area contributed by atoms with Crippen LogP contribution in [0.25, 0.3) is 0 Å². The number of benzene rings is 1. The molecule has 1 aromatic carbocycles. The minimum Gasteiger partial charge on any atom is -0.381 e. The molecule has 29 heavy (non-hydrogen) atoms. The second-order valence-corrected chi connectivity index (χ2v) is 8.87. The number of ether oxygens (including phenoxy) is 1. The molecule has 1 aliphatic carbocycles. The van der Waals surface area contributed by atoms with Crippen LogP contribution >= 0.6 is 0 Å². The molecule has 3 fully saturated rings. The van der Waals surface area contributed by atoms with Crippen molar-refractivity contribution in [1.29, 1.82) is 0 Å². The Morgan fingerprint density at radius 2 is 1.72 bits per heavy atom. The fourth-order valence-corrected chi connectivity index (χ4v) is 4.55. The van der Waals surface area contributed by atoms with E-state index in [0.717, 1.165) is 64.8 Å². The second-order valence-electron chi connectivity index (χ2n) is 8.87. The number of piperidine rings is 1. The summed E-state index contributed by atoms with van der Waals surface area (Å²) >= 11 is 0. The maximum Gasteiger partial charge on any atom is 0.234 e. The summed E-state index contributed by atoms with van der Waals surface area (Å²) in [5.74, 6) is 0.395. The van der Waals surface area contributed by atoms with Crippen molar-refractivity contribution >= 4 is 11.8 Å². The van der Waals surface area contributed by atoms with Gasteiger partial charge < -0.3 is 15.4 Å². The molecule has 2 aliphatic heterocycles. The first-order valence-corrected chi connectivity index (χ1v) is 11.1. The third-order valence-electron chi connectivity index (χ3n) is 6.71. The van der Waals surface area contributed by atoms with Crippen molar-refractivity contribution in [2.45, 2.75) is 50.0 Å². The van der Waals surface area contributed by atoms with Gasteiger partial charge in [-0.2, -0.15) is 0 Å². The molecule has 2 N–H and O–H groups in total. The molecule has 3 aliphatic rings. The molecule has 6 heteroatoms. The van der Waals surface area contributed by atoms with Crippen LogP contribution in [0.3, 0.4) is 0 Å². The second kappa shape index (κ2) is 9.26. The van der Waals surface area contributed by atoms with Gasteiger partial charge in [-0.3, -0.25) is 14.5 Å². The van der Waals surface area contributed by atoms with E-state index in [4.69, 9.17) is 4.74 Å². The van der Waals surface area contributed by atoms with Gasteiger partial charge in [0.2, 0.25) is 11.8 Å². The zero-order valence-corrected chi connectivity index (χ0v) is 17.2. The number of carbonyl (C=O) groups is 2. The van der Waals surface area contributed by atoms with Crippen molar-refractivity contribution in [2.75, 3.05) is 39.4 Å². The summed E-state index contributed by atoms with van der Waals surface area (Å²) in [5.41, 5.74) is 1.24. The Morgan fingerprint density at radius 3 is 2.38 bits per heavy atom. The Bertz CT molecular complexity index is 691. The van der Waals surface area contributed by atoms with Gasteiger partial charge >= 0.3 is 0 Å². The molecule has 2 saturated heterocycles. The molecule has 158 valence electrons. The molecule has 0 aromatic heterocycles. The maximum absolute atomic E-state index is 12.6. The number of hydrogen-bond acceptors (Lipinski definition) is 4. The molecule has 0 unspecified atom stereocenters. The lowest BCUT2D eigenvalue weighted by atomic mass is 9.74. The summed E-state index contributed by atoms with van der Waals surface area (Å²) in [6, 6.07) is 10.9. The molecule has 2 heterocycles. The van der Waals surface area contributed by atoms with E-state index >= 15 is 0 Å². The quantitative estimate of drug-likeness (QED) is 0.734. The van der Waals surface area contributed by atoms with E-state index in [9.17, 15) is 9.59 Å². The van der Waals surface area contributed by atoms with Crippen LogP contribution < -0.4 is 10.6 Å². The van der Waals surface area contributed by atoms with Gasteiger partial charge in [0.25, 0.3) is 0 Å². The van der Waals surface area contributed by atoms with Crippen molar-refractivity contribution < 1.29 is 14.3 Å². The highest BCUT2D eigenvalue weighted by molar-refractivity contribution is 5.80. The summed E-state index contributed by atoms with van der Waals surface area (Å²) in [6.07, 6.45) is 5.80. The highest BCUT2D eigenvalue weighted by atomic mass is 16.5. The van der Waals surface area contributed by atoms with E-state index in [1.54, 1.807) is 0 Å². The fourth-order valence-electron chi connectivity index (χ4n) is 4.55. The fraction of sp³-hybridized carbons (Fsp3) is 0.652. The largest absolute Gasteiger partial charge is 0.381 e. The monoisotopic (exact) mass is 399 g/mol. The number of hydrogen-bond donors (Lipinski definition) is 2. The Morgan fingerprint density at radius 1 is 1.03 bits per heavy atom. The van der Waals surface area contributed by atoms with Crippen molar-refractivity contribution in [3.8, 4) is 0 Å². The average Bonchev–Trinajstić information content (AvgIpc) is 3.58. The number of nitrogens with zero attached hydrogens (tertiary/aromatic N) is 1. The molecule has 1 saturated carbocycles. The average molecular weight is 400 g/mol. The topological polar surface area (TPSA) is 70.7 Å². The van der Waals surface area contributed by atoms with Gasteiger partial charge in [0.15, 0.2) is 0 Å². The molecule has 0 spiro atoms. The number of likely N-dealkylation sites (tertiary alicyclic amines) is 1. The standard InChI is InChI=1S/C23H33N3O3/c27-21(16-26-12-8-18(9-13-26)22(28)25-20-6-7-20)24-17-23(10-14-29-15-11-23)19-4-2-1-3-5-19/h1-5,18,20H,6-17H2,(H,24,27)(H,25,28). The van der Waals surface area contributed by atoms with Crippen LogP contribution in [0.4, 0.5) is 0 Å². The zero-order valence-electron chi connectivity index (χ0n) is 17.2. The first-order valence-electron chi connectivity index (χ1n) is 11.1. The van der Waals surface area contributed by atoms with Crippen LogP contribution in [0.2, 0.25) is 0 Å². The summed E-state index contributed by atoms with van der Waals surface area (Å²) < 4.78 is 5.58. The number of nitrogens with one attached hydrogen (secondary N) is 2. The molecule has 0 atom stereocenters. The molecule has 1 aromatic rings. The Balaban J connectivity index is 1.24. The van der Waals surface area contributed by atoms with Crippen LogP contribution in [-0.2, 0) is 19.7 Å². The highest BCUT2D eigenvalue weighted by Crippen LogP contribution is 2.34. The first kappa shape index (κ1) is 20.4. The van der Waals surface area contributed by atoms with Crippen LogP contribution in [-0.4, -0.2) is 62.1 Å². The highest BCUT2D eigenvalue weighted by Gasteiger charge is 2.35. The van der Waals surface area contributed by atoms with Crippen LogP contribution in [0, 0.1) is 5.92 Å². The van der Waals surface area contributed by atoms with Gasteiger partial charge in [0, 0.05) is 37.1 Å². The van der Waals surface area contributed by atoms with E-state index < -0.39 is 0 Å². The minimum atomic E-state index is -0.0386. The predicted octanol–water partition coefficient (Wildman–Crippen LogP) is 1.84. The molecule has 6 nitrogen and oxygen atoms in total. The summed E-state index contributed by atoms with van der Waals surface area (Å²) in [4.78, 5) is 27.0. The number of rotatable bonds is 7. The van der Waals surface area contributed by atoms with Crippen molar-refractivity contribution in [3.63, 3.8) is 0 Å². The van der Waals surface area contributed by atoms with Gasteiger partial charge in [0.1, 0.15) is 0 Å². The van der Waals surface area contributed by atoms with Gasteiger partial charge in [-0.25, -0.2) is 0 Å². The van der Waals surface area contributed by atoms with Crippen molar-refractivity contribution in [3.05, 3.63) is 35.9 Å². The predicted molar refractivity (Wildman–Crippen MR) is 112 cm³/mol. The smallest absolute Gasteiger partial charge is 0.234 e. The van der Waals surface area contributed by atoms with E-state index in [0.29, 0.717) is 19.1 Å². The van der Waals surface area contributed by atoms with Gasteiger partial charge in [-0.1, -0.05) is 30.3 Å². The van der Waals surface area contributed by atoms with Gasteiger partial charge in [0.05, 0.1) is 6.54 Å². The lowest BCUT2D eigenvalue weighted by molar-refractivity contribution is -0.127. The third-order valence-corrected chi connectivity index (χ3v) is 6.71. The molecular weight excluding hydrogens is 366 g/mol. The minimum absolute atomic E-state index is 0.0386. The molecule has 4 rings (SSSR count). The lowest BCUT2D eigenvalue weighted by Crippen LogP contribution is -2.48. The molecule has 0 radical (unpaired) electrons. The normalized spacial score (nSPS) is 22.8. The molecule has 2 amide bonds. The van der Waals surface area contributed by atoms with E-state index in [2.05, 4.69) is 39.8 Å². The number of amides is 2. The molecular formula is C23H33N3O3. The third kappa shape index (κ3) is 5.37. The van der Waals surface area contributed by atoms with Crippen LogP contribution in [0.15, 0.2) is 30.3 Å². The Labute approximate surface area is 173 Å². The number of carbonyl (C=O) groups excluding carboxylic acids is 2. The lowest BCUT2D eigenvalue weighted by Gasteiger charge is -2.38. The zero-order chi connectivity index (χ0) is 20.1. The Kier molecular flexibility index (Phi) is 6.50. The summed E-state index contributed by atoms with van der Waals surface area (Å²) in [6.45, 7) is 4.17. The van der Waals surface area contributed by atoms with E-state index in [-0.39, 0.29) is 23.1 Å². The van der Waals surface area contributed by atoms with Crippen molar-refractivity contribution in [2.24, 2.45) is 5.92 Å². The Hall–Kier alpha value is -1.92. The molecule has 0 bridgehead atoms. The summed E-state index contributed by atoms with van der Waals surface area (Å²) in [7, 11) is 0. The van der Waals surface area contributed by atoms with Gasteiger partial charge in [-0.15, -0.1) is 0 Å². The maximum atomic E-state index is 12.6. The van der Waals surface area contributed by atoms with E-state index in [1.807, 2.05) is 6.07 Å².